The van der Waals surface area contributed by atoms with E-state index >= 15 is 0 Å². The molecule has 1 atom stereocenters. The highest BCUT2D eigenvalue weighted by molar-refractivity contribution is 6.46. The van der Waals surface area contributed by atoms with Gasteiger partial charge in [-0.05, 0) is 49.8 Å². The topological polar surface area (TPSA) is 70.1 Å². The number of carbonyl (C=O) groups is 2. The molecule has 1 heterocycles. The van der Waals surface area contributed by atoms with Gasteiger partial charge in [0.05, 0.1) is 18.2 Å². The van der Waals surface area contributed by atoms with Gasteiger partial charge in [-0.25, -0.2) is 0 Å². The van der Waals surface area contributed by atoms with E-state index in [1.54, 1.807) is 53.4 Å². The maximum absolute atomic E-state index is 13.1. The van der Waals surface area contributed by atoms with Crippen LogP contribution in [0.5, 0.6) is 5.75 Å². The SMILES string of the molecule is CCOc1cccc(C(O)=C2C(=O)C(=O)N(CCN(CC)CC)C2c2ccc(Cl)cc2)c1. The Hall–Kier alpha value is -2.83. The van der Waals surface area contributed by atoms with Gasteiger partial charge < -0.3 is 19.6 Å². The molecule has 1 saturated heterocycles. The van der Waals surface area contributed by atoms with Crippen LogP contribution in [-0.4, -0.2) is 59.4 Å². The lowest BCUT2D eigenvalue weighted by atomic mass is 9.95. The summed E-state index contributed by atoms with van der Waals surface area (Å²) in [6.07, 6.45) is 0. The number of ether oxygens (including phenoxy) is 1. The van der Waals surface area contributed by atoms with Crippen LogP contribution < -0.4 is 4.74 Å². The molecule has 6 nitrogen and oxygen atoms in total. The number of rotatable bonds is 9. The van der Waals surface area contributed by atoms with E-state index in [9.17, 15) is 14.7 Å². The molecular formula is C25H29ClN2O4. The quantitative estimate of drug-likeness (QED) is 0.341. The van der Waals surface area contributed by atoms with E-state index < -0.39 is 17.7 Å². The summed E-state index contributed by atoms with van der Waals surface area (Å²) in [5.74, 6) is -0.936. The molecule has 2 aromatic rings. The maximum atomic E-state index is 13.1. The Bertz CT molecular complexity index is 999. The van der Waals surface area contributed by atoms with Crippen LogP contribution in [0, 0.1) is 0 Å². The molecule has 1 aliphatic heterocycles. The Morgan fingerprint density at radius 3 is 2.41 bits per heavy atom. The van der Waals surface area contributed by atoms with Crippen molar-refractivity contribution in [1.82, 2.24) is 9.80 Å². The molecular weight excluding hydrogens is 428 g/mol. The van der Waals surface area contributed by atoms with E-state index in [0.29, 0.717) is 36.0 Å². The largest absolute Gasteiger partial charge is 0.507 e. The van der Waals surface area contributed by atoms with Crippen LogP contribution in [0.1, 0.15) is 37.9 Å². The van der Waals surface area contributed by atoms with E-state index in [-0.39, 0.29) is 11.3 Å². The molecule has 0 aliphatic carbocycles. The van der Waals surface area contributed by atoms with Crippen LogP contribution in [0.3, 0.4) is 0 Å². The number of likely N-dealkylation sites (tertiary alicyclic amines) is 1. The molecule has 0 radical (unpaired) electrons. The smallest absolute Gasteiger partial charge is 0.295 e. The number of halogens is 1. The summed E-state index contributed by atoms with van der Waals surface area (Å²) in [6, 6.07) is 13.2. The highest BCUT2D eigenvalue weighted by Crippen LogP contribution is 2.39. The van der Waals surface area contributed by atoms with Gasteiger partial charge in [-0.15, -0.1) is 0 Å². The van der Waals surface area contributed by atoms with Crippen LogP contribution >= 0.6 is 11.6 Å². The zero-order valence-electron chi connectivity index (χ0n) is 18.7. The molecule has 0 bridgehead atoms. The lowest BCUT2D eigenvalue weighted by Gasteiger charge is -2.28. The number of hydrogen-bond acceptors (Lipinski definition) is 5. The number of aliphatic hydroxyl groups is 1. The average Bonchev–Trinajstić information content (AvgIpc) is 3.05. The number of hydrogen-bond donors (Lipinski definition) is 1. The molecule has 0 spiro atoms. The third-order valence-corrected chi connectivity index (χ3v) is 5.95. The number of Topliss-reactive ketones (excluding diaryl/α,β-unsaturated/α-hetero) is 1. The third-order valence-electron chi connectivity index (χ3n) is 5.70. The second-order valence-electron chi connectivity index (χ2n) is 7.53. The highest BCUT2D eigenvalue weighted by Gasteiger charge is 2.45. The van der Waals surface area contributed by atoms with Crippen molar-refractivity contribution in [3.63, 3.8) is 0 Å². The first kappa shape index (κ1) is 23.8. The van der Waals surface area contributed by atoms with Crippen LogP contribution in [0.15, 0.2) is 54.1 Å². The summed E-state index contributed by atoms with van der Waals surface area (Å²) in [5.41, 5.74) is 1.22. The molecule has 2 aromatic carbocycles. The highest BCUT2D eigenvalue weighted by atomic mass is 35.5. The fourth-order valence-electron chi connectivity index (χ4n) is 3.95. The Labute approximate surface area is 194 Å². The number of aliphatic hydroxyl groups excluding tert-OH is 1. The first-order chi connectivity index (χ1) is 15.4. The molecule has 0 aromatic heterocycles. The fraction of sp³-hybridized carbons (Fsp3) is 0.360. The van der Waals surface area contributed by atoms with Gasteiger partial charge in [-0.2, -0.15) is 0 Å². The molecule has 3 rings (SSSR count). The van der Waals surface area contributed by atoms with E-state index in [4.69, 9.17) is 16.3 Å². The minimum absolute atomic E-state index is 0.0746. The van der Waals surface area contributed by atoms with E-state index in [0.717, 1.165) is 18.7 Å². The van der Waals surface area contributed by atoms with Gasteiger partial charge in [0.25, 0.3) is 11.7 Å². The van der Waals surface area contributed by atoms with Crippen molar-refractivity contribution in [3.05, 3.63) is 70.3 Å². The van der Waals surface area contributed by atoms with E-state index in [1.165, 1.54) is 0 Å². The zero-order valence-corrected chi connectivity index (χ0v) is 19.4. The Kier molecular flexibility index (Phi) is 7.94. The van der Waals surface area contributed by atoms with Gasteiger partial charge in [-0.3, -0.25) is 9.59 Å². The number of ketones is 1. The summed E-state index contributed by atoms with van der Waals surface area (Å²) in [7, 11) is 0. The van der Waals surface area contributed by atoms with Gasteiger partial charge in [-0.1, -0.05) is 49.7 Å². The van der Waals surface area contributed by atoms with Gasteiger partial charge in [0.15, 0.2) is 0 Å². The molecule has 0 saturated carbocycles. The van der Waals surface area contributed by atoms with Gasteiger partial charge in [0, 0.05) is 23.7 Å². The molecule has 1 unspecified atom stereocenters. The molecule has 7 heteroatoms. The molecule has 1 amide bonds. The van der Waals surface area contributed by atoms with Crippen LogP contribution in [0.4, 0.5) is 0 Å². The molecule has 32 heavy (non-hydrogen) atoms. The van der Waals surface area contributed by atoms with Gasteiger partial charge in [0.1, 0.15) is 11.5 Å². The minimum Gasteiger partial charge on any atom is -0.507 e. The van der Waals surface area contributed by atoms with Crippen molar-refractivity contribution in [1.29, 1.82) is 0 Å². The van der Waals surface area contributed by atoms with Crippen LogP contribution in [0.25, 0.3) is 5.76 Å². The van der Waals surface area contributed by atoms with E-state index in [2.05, 4.69) is 18.7 Å². The monoisotopic (exact) mass is 456 g/mol. The first-order valence-electron chi connectivity index (χ1n) is 10.9. The number of likely N-dealkylation sites (N-methyl/N-ethyl adjacent to an activating group) is 1. The third kappa shape index (κ3) is 4.97. The van der Waals surface area contributed by atoms with Crippen molar-refractivity contribution in [2.75, 3.05) is 32.8 Å². The van der Waals surface area contributed by atoms with Crippen molar-refractivity contribution >= 4 is 29.1 Å². The predicted molar refractivity (Wildman–Crippen MR) is 126 cm³/mol. The normalized spacial score (nSPS) is 17.9. The zero-order chi connectivity index (χ0) is 23.3. The lowest BCUT2D eigenvalue weighted by Crippen LogP contribution is -2.38. The van der Waals surface area contributed by atoms with Crippen LogP contribution in [-0.2, 0) is 9.59 Å². The summed E-state index contributed by atoms with van der Waals surface area (Å²) >= 11 is 6.06. The van der Waals surface area contributed by atoms with Gasteiger partial charge in [0.2, 0.25) is 0 Å². The second kappa shape index (κ2) is 10.7. The first-order valence-corrected chi connectivity index (χ1v) is 11.3. The standard InChI is InChI=1S/C25H29ClN2O4/c1-4-27(5-2)14-15-28-22(17-10-12-19(26)13-11-17)21(24(30)25(28)31)23(29)18-8-7-9-20(16-18)32-6-3/h7-13,16,22,29H,4-6,14-15H2,1-3H3. The number of amides is 1. The van der Waals surface area contributed by atoms with Crippen LogP contribution in [0.2, 0.25) is 5.02 Å². The summed E-state index contributed by atoms with van der Waals surface area (Å²) in [4.78, 5) is 29.8. The van der Waals surface area contributed by atoms with Crippen molar-refractivity contribution in [2.24, 2.45) is 0 Å². The summed E-state index contributed by atoms with van der Waals surface area (Å²) in [5, 5.41) is 11.7. The predicted octanol–water partition coefficient (Wildman–Crippen LogP) is 4.50. The van der Waals surface area contributed by atoms with Crippen molar-refractivity contribution in [2.45, 2.75) is 26.8 Å². The Morgan fingerprint density at radius 1 is 1.09 bits per heavy atom. The van der Waals surface area contributed by atoms with Crippen molar-refractivity contribution < 1.29 is 19.4 Å². The molecule has 1 aliphatic rings. The number of nitrogens with zero attached hydrogens (tertiary/aromatic N) is 2. The lowest BCUT2D eigenvalue weighted by molar-refractivity contribution is -0.140. The Balaban J connectivity index is 2.08. The number of carbonyl (C=O) groups excluding carboxylic acids is 2. The molecule has 170 valence electrons. The van der Waals surface area contributed by atoms with Gasteiger partial charge >= 0.3 is 0 Å². The van der Waals surface area contributed by atoms with E-state index in [1.807, 2.05) is 6.92 Å². The van der Waals surface area contributed by atoms with Crippen molar-refractivity contribution in [3.8, 4) is 5.75 Å². The summed E-state index contributed by atoms with van der Waals surface area (Å²) in [6.45, 7) is 9.14. The number of benzene rings is 2. The average molecular weight is 457 g/mol. The maximum Gasteiger partial charge on any atom is 0.295 e. The summed E-state index contributed by atoms with van der Waals surface area (Å²) < 4.78 is 5.53. The molecule has 1 fully saturated rings. The Morgan fingerprint density at radius 2 is 1.78 bits per heavy atom. The second-order valence-corrected chi connectivity index (χ2v) is 7.97. The molecule has 1 N–H and O–H groups in total. The minimum atomic E-state index is -0.696. The fourth-order valence-corrected chi connectivity index (χ4v) is 4.07.